The van der Waals surface area contributed by atoms with Gasteiger partial charge < -0.3 is 15.2 Å². The van der Waals surface area contributed by atoms with E-state index in [1.807, 2.05) is 26.0 Å². The molecule has 4 aromatic rings. The van der Waals surface area contributed by atoms with E-state index in [2.05, 4.69) is 48.5 Å². The van der Waals surface area contributed by atoms with Crippen molar-refractivity contribution in [1.29, 1.82) is 0 Å². The van der Waals surface area contributed by atoms with Gasteiger partial charge in [0.15, 0.2) is 11.6 Å². The number of anilines is 2. The van der Waals surface area contributed by atoms with Gasteiger partial charge in [-0.25, -0.2) is 14.4 Å². The molecular weight excluding hydrogens is 467 g/mol. The number of fused-ring (bicyclic) bond motifs is 1. The molecule has 0 aromatic carbocycles. The number of hydrogen-bond donors (Lipinski definition) is 3. The van der Waals surface area contributed by atoms with Crippen molar-refractivity contribution in [1.82, 2.24) is 30.1 Å². The molecule has 1 saturated heterocycles. The molecule has 0 bridgehead atoms. The first-order valence-corrected chi connectivity index (χ1v) is 12.6. The Morgan fingerprint density at radius 1 is 1.22 bits per heavy atom. The molecule has 5 rings (SSSR count). The second kappa shape index (κ2) is 10.4. The first-order chi connectivity index (χ1) is 18.0. The van der Waals surface area contributed by atoms with Crippen LogP contribution in [0.2, 0.25) is 0 Å². The molecule has 1 aliphatic rings. The van der Waals surface area contributed by atoms with E-state index in [1.54, 1.807) is 24.7 Å². The third kappa shape index (κ3) is 4.76. The molecule has 4 aromatic heterocycles. The lowest BCUT2D eigenvalue weighted by Gasteiger charge is -2.27. The van der Waals surface area contributed by atoms with Gasteiger partial charge in [-0.3, -0.25) is 10.1 Å². The highest BCUT2D eigenvalue weighted by molar-refractivity contribution is 5.95. The molecule has 0 atom stereocenters. The Bertz CT molecular complexity index is 1590. The van der Waals surface area contributed by atoms with Gasteiger partial charge in [0.1, 0.15) is 17.0 Å². The van der Waals surface area contributed by atoms with Gasteiger partial charge in [0, 0.05) is 42.3 Å². The van der Waals surface area contributed by atoms with Crippen molar-refractivity contribution < 1.29 is 4.39 Å². The van der Waals surface area contributed by atoms with Gasteiger partial charge in [-0.05, 0) is 44.7 Å². The number of aromatic nitrogens is 6. The number of aromatic amines is 2. The molecule has 8 nitrogen and oxygen atoms in total. The van der Waals surface area contributed by atoms with Crippen LogP contribution in [0.3, 0.4) is 0 Å². The number of nitrogens with one attached hydrogen (secondary N) is 3. The van der Waals surface area contributed by atoms with E-state index >= 15 is 4.39 Å². The first-order valence-electron chi connectivity index (χ1n) is 12.6. The van der Waals surface area contributed by atoms with E-state index in [-0.39, 0.29) is 5.57 Å². The van der Waals surface area contributed by atoms with Crippen molar-refractivity contribution in [2.45, 2.75) is 39.5 Å². The Morgan fingerprint density at radius 2 is 2.03 bits per heavy atom. The quantitative estimate of drug-likeness (QED) is 0.343. The lowest BCUT2D eigenvalue weighted by Crippen LogP contribution is -2.30. The molecule has 190 valence electrons. The van der Waals surface area contributed by atoms with Gasteiger partial charge in [-0.2, -0.15) is 5.10 Å². The zero-order chi connectivity index (χ0) is 25.9. The molecule has 0 unspecified atom stereocenters. The van der Waals surface area contributed by atoms with Gasteiger partial charge in [0.25, 0.3) is 0 Å². The van der Waals surface area contributed by atoms with E-state index < -0.39 is 5.83 Å². The van der Waals surface area contributed by atoms with Crippen LogP contribution in [-0.4, -0.2) is 43.2 Å². The molecular formula is C28H31FN8. The lowest BCUT2D eigenvalue weighted by atomic mass is 10.1. The Labute approximate surface area is 214 Å². The largest absolute Gasteiger partial charge is 0.358 e. The maximum Gasteiger partial charge on any atom is 0.159 e. The van der Waals surface area contributed by atoms with E-state index in [0.717, 1.165) is 60.6 Å². The molecule has 0 aliphatic carbocycles. The van der Waals surface area contributed by atoms with Crippen molar-refractivity contribution in [2.75, 3.05) is 23.3 Å². The summed E-state index contributed by atoms with van der Waals surface area (Å²) in [6.07, 6.45) is 11.1. The van der Waals surface area contributed by atoms with E-state index in [9.17, 15) is 0 Å². The number of H-pyrrole nitrogens is 2. The predicted octanol–water partition coefficient (Wildman–Crippen LogP) is 4.66. The van der Waals surface area contributed by atoms with E-state index in [0.29, 0.717) is 27.6 Å². The highest BCUT2D eigenvalue weighted by atomic mass is 19.1. The number of halogens is 1. The lowest BCUT2D eigenvalue weighted by molar-refractivity contribution is 0.574. The summed E-state index contributed by atoms with van der Waals surface area (Å²) in [4.78, 5) is 19.3. The molecule has 1 fully saturated rings. The maximum atomic E-state index is 16.1. The van der Waals surface area contributed by atoms with Crippen LogP contribution < -0.4 is 20.8 Å². The van der Waals surface area contributed by atoms with Gasteiger partial charge in [0.2, 0.25) is 0 Å². The van der Waals surface area contributed by atoms with Gasteiger partial charge in [0.05, 0.1) is 28.0 Å². The average Bonchev–Trinajstić information content (AvgIpc) is 3.57. The number of piperidine rings is 1. The number of nitrogens with zero attached hydrogens (tertiary/aromatic N) is 5. The number of pyridine rings is 2. The average molecular weight is 499 g/mol. The first kappa shape index (κ1) is 24.4. The van der Waals surface area contributed by atoms with Crippen molar-refractivity contribution in [3.05, 3.63) is 65.7 Å². The Hall–Kier alpha value is -4.27. The molecule has 9 heteroatoms. The normalized spacial score (nSPS) is 15.2. The summed E-state index contributed by atoms with van der Waals surface area (Å²) in [6, 6.07) is 3.69. The van der Waals surface area contributed by atoms with Crippen LogP contribution >= 0.6 is 0 Å². The molecule has 5 heterocycles. The zero-order valence-corrected chi connectivity index (χ0v) is 21.2. The monoisotopic (exact) mass is 498 g/mol. The minimum Gasteiger partial charge on any atom is -0.358 e. The summed E-state index contributed by atoms with van der Waals surface area (Å²) in [5, 5.41) is 11.4. The van der Waals surface area contributed by atoms with Gasteiger partial charge in [-0.15, -0.1) is 0 Å². The SMILES string of the molecule is C=C(CC)Nc1cncc(C(=C)/C(F)=c2/c(-c3nc4c(N5CCCCC5)nccc4[nH]3)n[nH]/c2=C/C)c1. The van der Waals surface area contributed by atoms with Crippen molar-refractivity contribution in [2.24, 2.45) is 0 Å². The maximum absolute atomic E-state index is 16.1. The van der Waals surface area contributed by atoms with Crippen molar-refractivity contribution >= 4 is 40.0 Å². The Morgan fingerprint density at radius 3 is 2.78 bits per heavy atom. The van der Waals surface area contributed by atoms with Crippen LogP contribution in [0.1, 0.15) is 45.1 Å². The van der Waals surface area contributed by atoms with Gasteiger partial charge >= 0.3 is 0 Å². The van der Waals surface area contributed by atoms with Crippen LogP contribution in [0.15, 0.2) is 49.6 Å². The topological polar surface area (TPSA) is 98.4 Å². The van der Waals surface area contributed by atoms with E-state index in [1.165, 1.54) is 6.42 Å². The van der Waals surface area contributed by atoms with Gasteiger partial charge in [-0.1, -0.05) is 26.2 Å². The minimum absolute atomic E-state index is 0.204. The van der Waals surface area contributed by atoms with Crippen LogP contribution in [0.4, 0.5) is 15.9 Å². The molecule has 37 heavy (non-hydrogen) atoms. The standard InChI is InChI=1S/C28H31FN8/c1-5-17(3)32-20-14-19(15-30-16-20)18(4)24(29)23-21(6-2)35-36-26(23)27-33-22-10-11-31-28(25(22)34-27)37-12-8-7-9-13-37/h6,10-11,14-16,32,35H,3-5,7-9,12-13H2,1-2H3,(H,33,34)/b21-6+,24-23-. The number of hydrogen-bond acceptors (Lipinski definition) is 6. The smallest absolute Gasteiger partial charge is 0.159 e. The number of rotatable bonds is 7. The second-order valence-corrected chi connectivity index (χ2v) is 9.15. The van der Waals surface area contributed by atoms with Crippen molar-refractivity contribution in [3.63, 3.8) is 0 Å². The summed E-state index contributed by atoms with van der Waals surface area (Å²) in [5.74, 6) is 0.813. The molecule has 0 saturated carbocycles. The molecule has 1 aliphatic heterocycles. The van der Waals surface area contributed by atoms with Crippen LogP contribution in [-0.2, 0) is 0 Å². The Balaban J connectivity index is 1.60. The highest BCUT2D eigenvalue weighted by Gasteiger charge is 2.20. The van der Waals surface area contributed by atoms with Crippen LogP contribution in [0.5, 0.6) is 0 Å². The van der Waals surface area contributed by atoms with Crippen LogP contribution in [0, 0.1) is 0 Å². The highest BCUT2D eigenvalue weighted by Crippen LogP contribution is 2.28. The number of allylic oxidation sites excluding steroid dienone is 2. The zero-order valence-electron chi connectivity index (χ0n) is 21.2. The second-order valence-electron chi connectivity index (χ2n) is 9.15. The number of imidazole rings is 1. The minimum atomic E-state index is -0.500. The Kier molecular flexibility index (Phi) is 6.85. The summed E-state index contributed by atoms with van der Waals surface area (Å²) in [6.45, 7) is 13.7. The summed E-state index contributed by atoms with van der Waals surface area (Å²) >= 11 is 0. The predicted molar refractivity (Wildman–Crippen MR) is 148 cm³/mol. The summed E-state index contributed by atoms with van der Waals surface area (Å²) in [7, 11) is 0. The van der Waals surface area contributed by atoms with E-state index in [4.69, 9.17) is 4.98 Å². The fourth-order valence-electron chi connectivity index (χ4n) is 4.57. The third-order valence-electron chi connectivity index (χ3n) is 6.66. The fraction of sp³-hybridized carbons (Fsp3) is 0.286. The summed E-state index contributed by atoms with van der Waals surface area (Å²) < 4.78 is 16.1. The van der Waals surface area contributed by atoms with Crippen LogP contribution in [0.25, 0.3) is 40.0 Å². The third-order valence-corrected chi connectivity index (χ3v) is 6.66. The fourth-order valence-corrected chi connectivity index (χ4v) is 4.57. The molecule has 0 amide bonds. The molecule has 0 spiro atoms. The van der Waals surface area contributed by atoms with Crippen molar-refractivity contribution in [3.8, 4) is 11.5 Å². The summed E-state index contributed by atoms with van der Waals surface area (Å²) in [5.41, 5.74) is 4.31. The molecule has 0 radical (unpaired) electrons. The molecule has 3 N–H and O–H groups in total.